The third kappa shape index (κ3) is 5.16. The Bertz CT molecular complexity index is 556. The van der Waals surface area contributed by atoms with E-state index in [1.807, 2.05) is 20.8 Å². The molecule has 0 saturated heterocycles. The van der Waals surface area contributed by atoms with E-state index < -0.39 is 25.5 Å². The second-order valence-corrected chi connectivity index (χ2v) is 15.1. The summed E-state index contributed by atoms with van der Waals surface area (Å²) in [7, 11) is -1.82. The van der Waals surface area contributed by atoms with Gasteiger partial charge in [-0.25, -0.2) is 4.79 Å². The van der Waals surface area contributed by atoms with E-state index in [1.54, 1.807) is 0 Å². The molecule has 0 radical (unpaired) electrons. The fourth-order valence-corrected chi connectivity index (χ4v) is 4.75. The number of nitrogens with zero attached hydrogens (tertiary/aromatic N) is 2. The molecule has 0 aromatic rings. The van der Waals surface area contributed by atoms with Gasteiger partial charge in [0.15, 0.2) is 14.2 Å². The van der Waals surface area contributed by atoms with Crippen molar-refractivity contribution in [2.24, 2.45) is 16.8 Å². The van der Waals surface area contributed by atoms with Crippen LogP contribution in [0.5, 0.6) is 0 Å². The average molecular weight is 402 g/mol. The van der Waals surface area contributed by atoms with Crippen molar-refractivity contribution < 1.29 is 19.5 Å². The Balaban J connectivity index is 2.97. The molecule has 0 aromatic carbocycles. The van der Waals surface area contributed by atoms with Crippen LogP contribution in [0.4, 0.5) is 4.79 Å². The minimum absolute atomic E-state index is 0.0245. The predicted octanol–water partition coefficient (Wildman–Crippen LogP) is 4.46. The van der Waals surface area contributed by atoms with E-state index in [0.717, 1.165) is 12.8 Å². The molecule has 1 fully saturated rings. The normalized spacial score (nSPS) is 25.3. The van der Waals surface area contributed by atoms with E-state index in [4.69, 9.17) is 10.2 Å². The smallest absolute Gasteiger partial charge is 0.408 e. The number of amidine groups is 1. The van der Waals surface area contributed by atoms with Crippen molar-refractivity contribution in [1.29, 1.82) is 0 Å². The molecule has 0 spiro atoms. The van der Waals surface area contributed by atoms with Gasteiger partial charge in [-0.05, 0) is 70.5 Å². The largest absolute Gasteiger partial charge is 0.465 e. The molecule has 4 N–H and O–H groups in total. The highest BCUT2D eigenvalue weighted by Gasteiger charge is 2.51. The van der Waals surface area contributed by atoms with Crippen LogP contribution in [0.1, 0.15) is 67.2 Å². The van der Waals surface area contributed by atoms with Crippen molar-refractivity contribution in [2.45, 2.75) is 96.4 Å². The lowest BCUT2D eigenvalue weighted by molar-refractivity contribution is 0.0165. The summed E-state index contributed by atoms with van der Waals surface area (Å²) < 4.78 is 6.36. The molecule has 8 heteroatoms. The molecule has 0 atom stereocenters. The van der Waals surface area contributed by atoms with Crippen LogP contribution in [0, 0.1) is 5.92 Å². The minimum Gasteiger partial charge on any atom is -0.465 e. The topological polar surface area (TPSA) is 108 Å². The summed E-state index contributed by atoms with van der Waals surface area (Å²) in [5.41, 5.74) is 4.39. The van der Waals surface area contributed by atoms with Crippen LogP contribution in [0.15, 0.2) is 5.16 Å². The first kappa shape index (κ1) is 23.8. The molecular formula is C19H39N3O4Si. The highest BCUT2D eigenvalue weighted by Crippen LogP contribution is 2.42. The fourth-order valence-electron chi connectivity index (χ4n) is 3.66. The van der Waals surface area contributed by atoms with Gasteiger partial charge in [0.25, 0.3) is 0 Å². The number of hydrogen-bond acceptors (Lipinski definition) is 4. The van der Waals surface area contributed by atoms with Crippen molar-refractivity contribution in [3.05, 3.63) is 0 Å². The average Bonchev–Trinajstić information content (AvgIpc) is 2.50. The zero-order chi connectivity index (χ0) is 21.3. The van der Waals surface area contributed by atoms with Gasteiger partial charge in [-0.1, -0.05) is 25.9 Å². The van der Waals surface area contributed by atoms with Crippen LogP contribution in [0.25, 0.3) is 0 Å². The Morgan fingerprint density at radius 3 is 2.04 bits per heavy atom. The highest BCUT2D eigenvalue weighted by atomic mass is 28.4. The summed E-state index contributed by atoms with van der Waals surface area (Å²) in [4.78, 5) is 13.4. The number of amides is 1. The maximum atomic E-state index is 12.0. The van der Waals surface area contributed by atoms with Gasteiger partial charge < -0.3 is 20.5 Å². The van der Waals surface area contributed by atoms with Crippen molar-refractivity contribution >= 4 is 20.2 Å². The van der Waals surface area contributed by atoms with Gasteiger partial charge in [-0.3, -0.25) is 4.90 Å². The van der Waals surface area contributed by atoms with Crippen molar-refractivity contribution in [1.82, 2.24) is 4.90 Å². The molecule has 1 saturated carbocycles. The second kappa shape index (κ2) is 7.99. The zero-order valence-electron chi connectivity index (χ0n) is 18.3. The van der Waals surface area contributed by atoms with Gasteiger partial charge in [-0.15, -0.1) is 0 Å². The van der Waals surface area contributed by atoms with E-state index >= 15 is 0 Å². The Morgan fingerprint density at radius 2 is 1.70 bits per heavy atom. The number of nitrogens with two attached hydrogens (primary N) is 1. The van der Waals surface area contributed by atoms with Crippen LogP contribution >= 0.6 is 0 Å². The number of carbonyl (C=O) groups is 1. The van der Waals surface area contributed by atoms with Gasteiger partial charge in [-0.2, -0.15) is 0 Å². The Morgan fingerprint density at radius 1 is 1.22 bits per heavy atom. The van der Waals surface area contributed by atoms with Gasteiger partial charge in [0.05, 0.1) is 0 Å². The van der Waals surface area contributed by atoms with Crippen LogP contribution in [0.3, 0.4) is 0 Å². The second-order valence-electron chi connectivity index (χ2n) is 10.3. The Kier molecular flexibility index (Phi) is 7.03. The van der Waals surface area contributed by atoms with E-state index in [2.05, 4.69) is 39.0 Å². The fraction of sp³-hybridized carbons (Fsp3) is 0.895. The molecule has 0 heterocycles. The van der Waals surface area contributed by atoms with Crippen molar-refractivity contribution in [3.63, 3.8) is 0 Å². The lowest BCUT2D eigenvalue weighted by Gasteiger charge is -2.51. The molecule has 1 aliphatic rings. The first-order valence-electron chi connectivity index (χ1n) is 9.74. The number of rotatable bonds is 5. The van der Waals surface area contributed by atoms with Crippen LogP contribution in [-0.2, 0) is 4.43 Å². The molecule has 27 heavy (non-hydrogen) atoms. The third-order valence-electron chi connectivity index (χ3n) is 6.29. The molecule has 0 bridgehead atoms. The number of hydrogen-bond donors (Lipinski definition) is 3. The lowest BCUT2D eigenvalue weighted by atomic mass is 9.73. The van der Waals surface area contributed by atoms with Gasteiger partial charge in [0.2, 0.25) is 0 Å². The molecule has 0 unspecified atom stereocenters. The summed E-state index contributed by atoms with van der Waals surface area (Å²) in [6.45, 7) is 17.3. The monoisotopic (exact) mass is 401 g/mol. The quantitative estimate of drug-likeness (QED) is 0.207. The summed E-state index contributed by atoms with van der Waals surface area (Å²) >= 11 is 0. The summed E-state index contributed by atoms with van der Waals surface area (Å²) in [5.74, 6) is 0.331. The summed E-state index contributed by atoms with van der Waals surface area (Å²) in [5, 5.41) is 22.6. The lowest BCUT2D eigenvalue weighted by Crippen LogP contribution is -2.66. The zero-order valence-corrected chi connectivity index (χ0v) is 19.3. The molecule has 1 rings (SSSR count). The van der Waals surface area contributed by atoms with Crippen molar-refractivity contribution in [3.8, 4) is 0 Å². The standard InChI is InChI=1S/C19H39N3O4Si/c1-17(2,3)22(16(23)24)19(15(20)21-25)11-9-14(10-12-19)13-26-27(7,8)18(4,5)6/h14,25H,9-13H2,1-8H3,(H2,20,21)(H,23,24). The highest BCUT2D eigenvalue weighted by molar-refractivity contribution is 6.74. The number of carboxylic acid groups (broad SMARTS) is 1. The number of oxime groups is 1. The van der Waals surface area contributed by atoms with E-state index in [9.17, 15) is 15.1 Å². The summed E-state index contributed by atoms with van der Waals surface area (Å²) in [6.07, 6.45) is 1.57. The predicted molar refractivity (Wildman–Crippen MR) is 111 cm³/mol. The maximum Gasteiger partial charge on any atom is 0.408 e. The summed E-state index contributed by atoms with van der Waals surface area (Å²) in [6, 6.07) is 0. The Hall–Kier alpha value is -1.28. The maximum absolute atomic E-state index is 12.0. The van der Waals surface area contributed by atoms with Gasteiger partial charge in [0.1, 0.15) is 5.54 Å². The molecule has 0 aromatic heterocycles. The van der Waals surface area contributed by atoms with E-state index in [0.29, 0.717) is 25.4 Å². The molecule has 0 aliphatic heterocycles. The molecule has 158 valence electrons. The molecular weight excluding hydrogens is 362 g/mol. The Labute approximate surface area is 165 Å². The van der Waals surface area contributed by atoms with E-state index in [-0.39, 0.29) is 10.9 Å². The molecule has 1 aliphatic carbocycles. The first-order chi connectivity index (χ1) is 12.1. The van der Waals surface area contributed by atoms with Gasteiger partial charge in [0, 0.05) is 12.1 Å². The first-order valence-corrected chi connectivity index (χ1v) is 12.6. The van der Waals surface area contributed by atoms with Crippen molar-refractivity contribution in [2.75, 3.05) is 6.61 Å². The minimum atomic E-state index is -1.82. The van der Waals surface area contributed by atoms with Crippen LogP contribution in [-0.4, -0.2) is 53.1 Å². The van der Waals surface area contributed by atoms with Crippen LogP contribution < -0.4 is 5.73 Å². The third-order valence-corrected chi connectivity index (χ3v) is 10.8. The van der Waals surface area contributed by atoms with Crippen LogP contribution in [0.2, 0.25) is 18.1 Å². The van der Waals surface area contributed by atoms with E-state index in [1.165, 1.54) is 4.90 Å². The van der Waals surface area contributed by atoms with Gasteiger partial charge >= 0.3 is 6.09 Å². The SMILES string of the molecule is CC(C)(C)N(C(=O)O)C1(C(N)=NO)CCC(CO[Si](C)(C)C(C)(C)C)CC1. The molecule has 1 amide bonds. The molecule has 7 nitrogen and oxygen atoms in total.